The van der Waals surface area contributed by atoms with Crippen molar-refractivity contribution in [1.29, 1.82) is 0 Å². The van der Waals surface area contributed by atoms with Gasteiger partial charge in [-0.1, -0.05) is 42.1 Å². The van der Waals surface area contributed by atoms with Crippen molar-refractivity contribution >= 4 is 22.8 Å². The molecule has 4 rings (SSSR count). The van der Waals surface area contributed by atoms with E-state index in [0.717, 1.165) is 17.0 Å². The van der Waals surface area contributed by atoms with Gasteiger partial charge in [0.1, 0.15) is 11.1 Å². The molecule has 4 aromatic rings. The van der Waals surface area contributed by atoms with Crippen molar-refractivity contribution in [2.75, 3.05) is 7.11 Å². The Morgan fingerprint density at radius 1 is 1.11 bits per heavy atom. The van der Waals surface area contributed by atoms with Gasteiger partial charge in [-0.3, -0.25) is 14.0 Å². The van der Waals surface area contributed by atoms with E-state index in [9.17, 15) is 4.79 Å². The van der Waals surface area contributed by atoms with E-state index in [1.807, 2.05) is 54.6 Å². The van der Waals surface area contributed by atoms with Gasteiger partial charge < -0.3 is 4.74 Å². The largest absolute Gasteiger partial charge is 0.497 e. The van der Waals surface area contributed by atoms with Crippen LogP contribution in [0.1, 0.15) is 17.7 Å². The number of ether oxygens (including phenoxy) is 1. The minimum absolute atomic E-state index is 0.0719. The Morgan fingerprint density at radius 3 is 2.64 bits per heavy atom. The smallest absolute Gasteiger partial charge is 0.269 e. The van der Waals surface area contributed by atoms with Crippen LogP contribution in [0.5, 0.6) is 5.75 Å². The highest BCUT2D eigenvalue weighted by Gasteiger charge is 2.19. The summed E-state index contributed by atoms with van der Waals surface area (Å²) in [6.45, 7) is 2.09. The predicted octanol–water partition coefficient (Wildman–Crippen LogP) is 3.98. The maximum absolute atomic E-state index is 13.2. The number of benzene rings is 2. The van der Waals surface area contributed by atoms with Crippen molar-refractivity contribution in [2.45, 2.75) is 17.3 Å². The first-order valence-corrected chi connectivity index (χ1v) is 9.77. The van der Waals surface area contributed by atoms with E-state index in [0.29, 0.717) is 16.2 Å². The second-order valence-corrected chi connectivity index (χ2v) is 7.72. The first-order chi connectivity index (χ1) is 13.6. The molecule has 0 fully saturated rings. The molecular formula is C21H20N4O2S. The molecule has 0 spiro atoms. The average Bonchev–Trinajstić information content (AvgIpc) is 3.10. The quantitative estimate of drug-likeness (QED) is 0.380. The number of methoxy groups -OCH3 is 1. The molecule has 0 aliphatic heterocycles. The molecule has 6 nitrogen and oxygen atoms in total. The van der Waals surface area contributed by atoms with Gasteiger partial charge in [-0.15, -0.1) is 0 Å². The highest BCUT2D eigenvalue weighted by molar-refractivity contribution is 7.99. The van der Waals surface area contributed by atoms with Crippen molar-refractivity contribution in [3.8, 4) is 11.4 Å². The number of fused-ring (bicyclic) bond motifs is 1. The number of hydrogen-bond acceptors (Lipinski definition) is 5. The lowest BCUT2D eigenvalue weighted by Gasteiger charge is -2.16. The molecule has 7 heteroatoms. The summed E-state index contributed by atoms with van der Waals surface area (Å²) in [5.74, 6) is 0.806. The Labute approximate surface area is 166 Å². The van der Waals surface area contributed by atoms with Crippen molar-refractivity contribution in [3.63, 3.8) is 0 Å². The lowest BCUT2D eigenvalue weighted by Crippen LogP contribution is -2.22. The van der Waals surface area contributed by atoms with Crippen LogP contribution in [0.15, 0.2) is 70.7 Å². The van der Waals surface area contributed by atoms with Crippen LogP contribution in [0.4, 0.5) is 0 Å². The summed E-state index contributed by atoms with van der Waals surface area (Å²) in [5, 5.41) is 5.41. The second kappa shape index (κ2) is 7.52. The third kappa shape index (κ3) is 3.29. The zero-order valence-corrected chi connectivity index (χ0v) is 16.7. The lowest BCUT2D eigenvalue weighted by atomic mass is 10.1. The van der Waals surface area contributed by atoms with Gasteiger partial charge in [-0.2, -0.15) is 5.10 Å². The maximum atomic E-state index is 13.2. The van der Waals surface area contributed by atoms with Crippen LogP contribution in [0.25, 0.3) is 16.7 Å². The minimum atomic E-state index is -0.121. The van der Waals surface area contributed by atoms with Gasteiger partial charge in [-0.05, 0) is 36.8 Å². The zero-order chi connectivity index (χ0) is 19.7. The summed E-state index contributed by atoms with van der Waals surface area (Å²) in [4.78, 5) is 18.0. The number of rotatable bonds is 5. The Kier molecular flexibility index (Phi) is 4.92. The molecule has 0 bridgehead atoms. The normalized spacial score (nSPS) is 12.2. The standard InChI is InChI=1S/C21H20N4O2S/c1-14(15-8-7-11-17(12-15)27-3)28-21-23-19-18(13-22-24(19)2)20(26)25(21)16-9-5-4-6-10-16/h4-14H,1-3H3. The summed E-state index contributed by atoms with van der Waals surface area (Å²) in [6.07, 6.45) is 1.57. The highest BCUT2D eigenvalue weighted by atomic mass is 32.2. The van der Waals surface area contributed by atoms with Gasteiger partial charge in [0.05, 0.1) is 19.0 Å². The number of aryl methyl sites for hydroxylation is 1. The number of para-hydroxylation sites is 1. The Hall–Kier alpha value is -3.06. The predicted molar refractivity (Wildman–Crippen MR) is 111 cm³/mol. The van der Waals surface area contributed by atoms with E-state index in [4.69, 9.17) is 9.72 Å². The van der Waals surface area contributed by atoms with Crippen LogP contribution in [0.3, 0.4) is 0 Å². The minimum Gasteiger partial charge on any atom is -0.497 e. The molecule has 2 heterocycles. The second-order valence-electron chi connectivity index (χ2n) is 6.41. The summed E-state index contributed by atoms with van der Waals surface area (Å²) < 4.78 is 8.63. The van der Waals surface area contributed by atoms with Gasteiger partial charge in [0.25, 0.3) is 5.56 Å². The van der Waals surface area contributed by atoms with E-state index >= 15 is 0 Å². The molecule has 0 amide bonds. The Balaban J connectivity index is 1.85. The van der Waals surface area contributed by atoms with E-state index in [1.54, 1.807) is 29.6 Å². The average molecular weight is 392 g/mol. The molecule has 1 unspecified atom stereocenters. The molecule has 28 heavy (non-hydrogen) atoms. The van der Waals surface area contributed by atoms with Crippen molar-refractivity contribution in [3.05, 3.63) is 76.7 Å². The number of hydrogen-bond donors (Lipinski definition) is 0. The first kappa shape index (κ1) is 18.3. The van der Waals surface area contributed by atoms with Gasteiger partial charge in [0.15, 0.2) is 10.8 Å². The van der Waals surface area contributed by atoms with E-state index in [1.165, 1.54) is 11.8 Å². The molecule has 2 aromatic carbocycles. The molecule has 0 saturated heterocycles. The fraction of sp³-hybridized carbons (Fsp3) is 0.190. The topological polar surface area (TPSA) is 61.9 Å². The van der Waals surface area contributed by atoms with E-state index < -0.39 is 0 Å². The van der Waals surface area contributed by atoms with Gasteiger partial charge >= 0.3 is 0 Å². The monoisotopic (exact) mass is 392 g/mol. The van der Waals surface area contributed by atoms with Gasteiger partial charge in [0.2, 0.25) is 0 Å². The van der Waals surface area contributed by atoms with Crippen LogP contribution in [0, 0.1) is 0 Å². The van der Waals surface area contributed by atoms with E-state index in [-0.39, 0.29) is 10.8 Å². The van der Waals surface area contributed by atoms with Crippen LogP contribution in [-0.2, 0) is 7.05 Å². The summed E-state index contributed by atoms with van der Waals surface area (Å²) >= 11 is 1.53. The van der Waals surface area contributed by atoms with E-state index in [2.05, 4.69) is 12.0 Å². The third-order valence-corrected chi connectivity index (χ3v) is 5.70. The SMILES string of the molecule is COc1cccc(C(C)Sc2nc3c(cnn3C)c(=O)n2-c2ccccc2)c1. The molecular weight excluding hydrogens is 372 g/mol. The van der Waals surface area contributed by atoms with Crippen molar-refractivity contribution in [1.82, 2.24) is 19.3 Å². The molecule has 142 valence electrons. The summed E-state index contributed by atoms with van der Waals surface area (Å²) in [5.41, 5.74) is 2.34. The Morgan fingerprint density at radius 2 is 1.89 bits per heavy atom. The zero-order valence-electron chi connectivity index (χ0n) is 15.9. The molecule has 1 atom stereocenters. The number of nitrogens with zero attached hydrogens (tertiary/aromatic N) is 4. The molecule has 0 aliphatic carbocycles. The fourth-order valence-corrected chi connectivity index (χ4v) is 4.10. The third-order valence-electron chi connectivity index (χ3n) is 4.59. The fourth-order valence-electron chi connectivity index (χ4n) is 3.07. The highest BCUT2D eigenvalue weighted by Crippen LogP contribution is 2.35. The lowest BCUT2D eigenvalue weighted by molar-refractivity contribution is 0.414. The summed E-state index contributed by atoms with van der Waals surface area (Å²) in [7, 11) is 3.45. The van der Waals surface area contributed by atoms with Crippen LogP contribution >= 0.6 is 11.8 Å². The maximum Gasteiger partial charge on any atom is 0.269 e. The number of aromatic nitrogens is 4. The molecule has 0 radical (unpaired) electrons. The molecule has 0 saturated carbocycles. The molecule has 2 aromatic heterocycles. The number of thioether (sulfide) groups is 1. The van der Waals surface area contributed by atoms with Crippen LogP contribution < -0.4 is 10.3 Å². The van der Waals surface area contributed by atoms with Crippen LogP contribution in [0.2, 0.25) is 0 Å². The molecule has 0 N–H and O–H groups in total. The first-order valence-electron chi connectivity index (χ1n) is 8.89. The van der Waals surface area contributed by atoms with Crippen LogP contribution in [-0.4, -0.2) is 26.4 Å². The van der Waals surface area contributed by atoms with Crippen molar-refractivity contribution in [2.24, 2.45) is 7.05 Å². The van der Waals surface area contributed by atoms with Gasteiger partial charge in [0, 0.05) is 12.3 Å². The molecule has 0 aliphatic rings. The van der Waals surface area contributed by atoms with Crippen molar-refractivity contribution < 1.29 is 4.74 Å². The van der Waals surface area contributed by atoms with Gasteiger partial charge in [-0.25, -0.2) is 4.98 Å². The Bertz CT molecular complexity index is 1180. The summed E-state index contributed by atoms with van der Waals surface area (Å²) in [6, 6.07) is 17.5.